The first-order chi connectivity index (χ1) is 9.65. The van der Waals surface area contributed by atoms with Gasteiger partial charge in [0.05, 0.1) is 12.8 Å². The molecular weight excluding hydrogens is 344 g/mol. The van der Waals surface area contributed by atoms with E-state index in [1.54, 1.807) is 12.5 Å². The highest BCUT2D eigenvalue weighted by Gasteiger charge is 2.19. The van der Waals surface area contributed by atoms with Crippen molar-refractivity contribution in [2.24, 2.45) is 5.92 Å². The van der Waals surface area contributed by atoms with Gasteiger partial charge >= 0.3 is 0 Å². The molecule has 0 unspecified atom stereocenters. The molecule has 0 saturated carbocycles. The summed E-state index contributed by atoms with van der Waals surface area (Å²) in [6.07, 6.45) is 5.84. The van der Waals surface area contributed by atoms with Crippen molar-refractivity contribution in [1.29, 1.82) is 0 Å². The molecule has 0 aliphatic carbocycles. The van der Waals surface area contributed by atoms with Crippen LogP contribution >= 0.6 is 27.5 Å². The van der Waals surface area contributed by atoms with E-state index in [0.717, 1.165) is 12.1 Å². The molecule has 3 heterocycles. The molecule has 7 heteroatoms. The van der Waals surface area contributed by atoms with E-state index in [4.69, 9.17) is 16.3 Å². The fourth-order valence-corrected chi connectivity index (χ4v) is 3.15. The number of piperidine rings is 1. The first kappa shape index (κ1) is 14.1. The van der Waals surface area contributed by atoms with Gasteiger partial charge in [-0.05, 0) is 42.4 Å². The Kier molecular flexibility index (Phi) is 4.14. The molecule has 5 nitrogen and oxygen atoms in total. The lowest BCUT2D eigenvalue weighted by Crippen LogP contribution is -2.34. The molecule has 108 valence electrons. The van der Waals surface area contributed by atoms with E-state index < -0.39 is 0 Å². The molecule has 0 radical (unpaired) electrons. The number of fused-ring (bicyclic) bond motifs is 1. The predicted molar refractivity (Wildman–Crippen MR) is 81.4 cm³/mol. The molecular formula is C13H16BrClN4O. The Morgan fingerprint density at radius 2 is 2.40 bits per heavy atom. The van der Waals surface area contributed by atoms with Gasteiger partial charge in [-0.2, -0.15) is 4.98 Å². The van der Waals surface area contributed by atoms with E-state index in [1.807, 2.05) is 4.40 Å². The fourth-order valence-electron chi connectivity index (χ4n) is 2.61. The highest BCUT2D eigenvalue weighted by atomic mass is 79.9. The second-order valence-corrected chi connectivity index (χ2v) is 6.34. The zero-order valence-electron chi connectivity index (χ0n) is 11.2. The maximum absolute atomic E-state index is 6.10. The summed E-state index contributed by atoms with van der Waals surface area (Å²) in [5.41, 5.74) is 0.824. The average Bonchev–Trinajstić information content (AvgIpc) is 2.91. The summed E-state index contributed by atoms with van der Waals surface area (Å²) < 4.78 is 8.42. The zero-order chi connectivity index (χ0) is 14.1. The van der Waals surface area contributed by atoms with Crippen LogP contribution in [0.1, 0.15) is 12.8 Å². The number of nitrogens with zero attached hydrogens (tertiary/aromatic N) is 4. The van der Waals surface area contributed by atoms with E-state index in [0.29, 0.717) is 28.2 Å². The van der Waals surface area contributed by atoms with Gasteiger partial charge in [0.25, 0.3) is 0 Å². The third-order valence-corrected chi connectivity index (χ3v) is 4.87. The second kappa shape index (κ2) is 5.87. The van der Waals surface area contributed by atoms with Gasteiger partial charge < -0.3 is 9.64 Å². The molecule has 0 spiro atoms. The Bertz CT molecular complexity index is 618. The van der Waals surface area contributed by atoms with Crippen LogP contribution in [0.4, 0.5) is 0 Å². The summed E-state index contributed by atoms with van der Waals surface area (Å²) in [5, 5.41) is 0.381. The number of halogens is 2. The van der Waals surface area contributed by atoms with Gasteiger partial charge in [-0.15, -0.1) is 0 Å². The Hall–Kier alpha value is -0.850. The van der Waals surface area contributed by atoms with Crippen molar-refractivity contribution < 1.29 is 4.74 Å². The molecule has 1 saturated heterocycles. The maximum Gasteiger partial charge on any atom is 0.241 e. The predicted octanol–water partition coefficient (Wildman–Crippen LogP) is 2.87. The number of hydrogen-bond acceptors (Lipinski definition) is 4. The van der Waals surface area contributed by atoms with Crippen LogP contribution in [0.2, 0.25) is 5.15 Å². The van der Waals surface area contributed by atoms with E-state index >= 15 is 0 Å². The minimum atomic E-state index is 0.381. The molecule has 20 heavy (non-hydrogen) atoms. The van der Waals surface area contributed by atoms with E-state index in [1.165, 1.54) is 19.4 Å². The van der Waals surface area contributed by atoms with Crippen molar-refractivity contribution in [3.63, 3.8) is 0 Å². The number of hydrogen-bond donors (Lipinski definition) is 0. The monoisotopic (exact) mass is 358 g/mol. The lowest BCUT2D eigenvalue weighted by molar-refractivity contribution is 0.148. The third-order valence-electron chi connectivity index (χ3n) is 3.62. The maximum atomic E-state index is 6.10. The van der Waals surface area contributed by atoms with Crippen molar-refractivity contribution in [1.82, 2.24) is 19.3 Å². The van der Waals surface area contributed by atoms with Crippen LogP contribution in [-0.2, 0) is 0 Å². The Balaban J connectivity index is 1.77. The van der Waals surface area contributed by atoms with Crippen LogP contribution in [0.5, 0.6) is 5.88 Å². The largest absolute Gasteiger partial charge is 0.476 e. The molecule has 0 N–H and O–H groups in total. The third kappa shape index (κ3) is 2.77. The minimum absolute atomic E-state index is 0.381. The molecule has 0 bridgehead atoms. The Morgan fingerprint density at radius 3 is 3.20 bits per heavy atom. The lowest BCUT2D eigenvalue weighted by atomic mass is 10.00. The van der Waals surface area contributed by atoms with Crippen LogP contribution in [0.3, 0.4) is 0 Å². The number of rotatable bonds is 3. The van der Waals surface area contributed by atoms with Crippen LogP contribution in [0.15, 0.2) is 17.1 Å². The van der Waals surface area contributed by atoms with Crippen LogP contribution < -0.4 is 4.74 Å². The SMILES string of the molecule is CN1CCC[C@@H](COc2nc(Cl)c(Br)n3cncc23)C1. The van der Waals surface area contributed by atoms with Gasteiger partial charge in [-0.3, -0.25) is 4.40 Å². The molecule has 2 aromatic rings. The van der Waals surface area contributed by atoms with Gasteiger partial charge in [-0.25, -0.2) is 4.98 Å². The molecule has 0 amide bonds. The van der Waals surface area contributed by atoms with Crippen LogP contribution in [-0.4, -0.2) is 46.0 Å². The summed E-state index contributed by atoms with van der Waals surface area (Å²) in [5.74, 6) is 1.09. The fraction of sp³-hybridized carbons (Fsp3) is 0.538. The van der Waals surface area contributed by atoms with Crippen molar-refractivity contribution >= 4 is 33.0 Å². The quantitative estimate of drug-likeness (QED) is 0.845. The van der Waals surface area contributed by atoms with Gasteiger partial charge in [0.15, 0.2) is 5.15 Å². The van der Waals surface area contributed by atoms with Gasteiger partial charge in [0, 0.05) is 12.5 Å². The second-order valence-electron chi connectivity index (χ2n) is 5.23. The number of imidazole rings is 1. The highest BCUT2D eigenvalue weighted by molar-refractivity contribution is 9.10. The molecule has 1 fully saturated rings. The van der Waals surface area contributed by atoms with E-state index in [-0.39, 0.29) is 0 Å². The molecule has 1 atom stereocenters. The zero-order valence-corrected chi connectivity index (χ0v) is 13.6. The summed E-state index contributed by atoms with van der Waals surface area (Å²) in [4.78, 5) is 10.8. The molecule has 2 aromatic heterocycles. The van der Waals surface area contributed by atoms with Crippen molar-refractivity contribution in [2.75, 3.05) is 26.7 Å². The number of likely N-dealkylation sites (tertiary alicyclic amines) is 1. The van der Waals surface area contributed by atoms with E-state index in [9.17, 15) is 0 Å². The van der Waals surface area contributed by atoms with E-state index in [2.05, 4.69) is 37.8 Å². The van der Waals surface area contributed by atoms with Crippen LogP contribution in [0, 0.1) is 5.92 Å². The van der Waals surface area contributed by atoms with Crippen LogP contribution in [0.25, 0.3) is 5.52 Å². The first-order valence-corrected chi connectivity index (χ1v) is 7.80. The smallest absolute Gasteiger partial charge is 0.241 e. The first-order valence-electron chi connectivity index (χ1n) is 6.63. The summed E-state index contributed by atoms with van der Waals surface area (Å²) in [6, 6.07) is 0. The average molecular weight is 360 g/mol. The Morgan fingerprint density at radius 1 is 1.55 bits per heavy atom. The van der Waals surface area contributed by atoms with Crippen molar-refractivity contribution in [2.45, 2.75) is 12.8 Å². The molecule has 1 aliphatic rings. The number of aromatic nitrogens is 3. The topological polar surface area (TPSA) is 42.7 Å². The van der Waals surface area contributed by atoms with Gasteiger partial charge in [-0.1, -0.05) is 11.6 Å². The van der Waals surface area contributed by atoms with Crippen molar-refractivity contribution in [3.8, 4) is 5.88 Å². The number of ether oxygens (including phenoxy) is 1. The Labute approximate surface area is 131 Å². The van der Waals surface area contributed by atoms with Gasteiger partial charge in [0.2, 0.25) is 5.88 Å². The molecule has 3 rings (SSSR count). The highest BCUT2D eigenvalue weighted by Crippen LogP contribution is 2.28. The molecule has 0 aromatic carbocycles. The summed E-state index contributed by atoms with van der Waals surface area (Å²) in [7, 11) is 2.15. The normalized spacial score (nSPS) is 20.4. The van der Waals surface area contributed by atoms with Gasteiger partial charge in [0.1, 0.15) is 16.4 Å². The van der Waals surface area contributed by atoms with Crippen molar-refractivity contribution in [3.05, 3.63) is 22.3 Å². The summed E-state index contributed by atoms with van der Waals surface area (Å²) in [6.45, 7) is 2.90. The minimum Gasteiger partial charge on any atom is -0.476 e. The summed E-state index contributed by atoms with van der Waals surface area (Å²) >= 11 is 9.50. The lowest BCUT2D eigenvalue weighted by Gasteiger charge is -2.29. The standard InChI is InChI=1S/C13H16BrClN4O/c1-18-4-2-3-9(6-18)7-20-13-10-5-16-8-19(10)11(14)12(15)17-13/h5,8-9H,2-4,6-7H2,1H3/t9-/m1/s1. The molecule has 1 aliphatic heterocycles.